The van der Waals surface area contributed by atoms with E-state index in [0.29, 0.717) is 6.54 Å². The van der Waals surface area contributed by atoms with Gasteiger partial charge in [0.1, 0.15) is 5.82 Å². The van der Waals surface area contributed by atoms with Crippen molar-refractivity contribution in [3.05, 3.63) is 53.9 Å². The first kappa shape index (κ1) is 12.7. The van der Waals surface area contributed by atoms with Crippen molar-refractivity contribution in [2.75, 3.05) is 0 Å². The normalized spacial score (nSPS) is 12.7. The van der Waals surface area contributed by atoms with Crippen molar-refractivity contribution in [2.45, 2.75) is 26.4 Å². The number of H-pyrrole nitrogens is 1. The predicted molar refractivity (Wildman–Crippen MR) is 78.1 cm³/mol. The molecule has 0 radical (unpaired) electrons. The van der Waals surface area contributed by atoms with Crippen molar-refractivity contribution in [3.63, 3.8) is 0 Å². The van der Waals surface area contributed by atoms with Crippen molar-refractivity contribution in [3.8, 4) is 0 Å². The van der Waals surface area contributed by atoms with Crippen LogP contribution in [0.4, 0.5) is 0 Å². The van der Waals surface area contributed by atoms with Gasteiger partial charge in [-0.2, -0.15) is 0 Å². The summed E-state index contributed by atoms with van der Waals surface area (Å²) in [6.45, 7) is 4.73. The molecule has 1 aromatic carbocycles. The summed E-state index contributed by atoms with van der Waals surface area (Å²) in [7, 11) is 0. The lowest BCUT2D eigenvalue weighted by Crippen LogP contribution is -2.21. The third kappa shape index (κ3) is 2.53. The SMILES string of the molecule is Cc1nccnc1C(C)NCc1nc2ccccc2[nH]1. The Kier molecular flexibility index (Phi) is 3.43. The van der Waals surface area contributed by atoms with Crippen molar-refractivity contribution in [1.29, 1.82) is 0 Å². The van der Waals surface area contributed by atoms with Gasteiger partial charge in [-0.3, -0.25) is 9.97 Å². The monoisotopic (exact) mass is 267 g/mol. The van der Waals surface area contributed by atoms with Gasteiger partial charge in [0.15, 0.2) is 0 Å². The standard InChI is InChI=1S/C15H17N5/c1-10-15(17-8-7-16-10)11(2)18-9-14-19-12-5-3-4-6-13(12)20-14/h3-8,11,18H,9H2,1-2H3,(H,19,20). The molecule has 0 fully saturated rings. The molecule has 2 heterocycles. The Morgan fingerprint density at radius 3 is 2.80 bits per heavy atom. The van der Waals surface area contributed by atoms with Crippen molar-refractivity contribution >= 4 is 11.0 Å². The molecule has 0 aliphatic heterocycles. The van der Waals surface area contributed by atoms with Crippen LogP contribution in [0.3, 0.4) is 0 Å². The maximum absolute atomic E-state index is 4.55. The summed E-state index contributed by atoms with van der Waals surface area (Å²) >= 11 is 0. The minimum Gasteiger partial charge on any atom is -0.341 e. The highest BCUT2D eigenvalue weighted by molar-refractivity contribution is 5.74. The van der Waals surface area contributed by atoms with Gasteiger partial charge < -0.3 is 10.3 Å². The molecule has 5 nitrogen and oxygen atoms in total. The maximum atomic E-state index is 4.55. The lowest BCUT2D eigenvalue weighted by atomic mass is 10.2. The van der Waals surface area contributed by atoms with Crippen LogP contribution in [0.15, 0.2) is 36.7 Å². The Labute approximate surface area is 117 Å². The van der Waals surface area contributed by atoms with Crippen molar-refractivity contribution in [1.82, 2.24) is 25.3 Å². The summed E-state index contributed by atoms with van der Waals surface area (Å²) in [6, 6.07) is 8.17. The Hall–Kier alpha value is -2.27. The van der Waals surface area contributed by atoms with Gasteiger partial charge in [0.2, 0.25) is 0 Å². The summed E-state index contributed by atoms with van der Waals surface area (Å²) in [5, 5.41) is 3.42. The van der Waals surface area contributed by atoms with E-state index in [4.69, 9.17) is 0 Å². The van der Waals surface area contributed by atoms with E-state index < -0.39 is 0 Å². The predicted octanol–water partition coefficient (Wildman–Crippen LogP) is 2.51. The molecule has 0 bridgehead atoms. The zero-order chi connectivity index (χ0) is 13.9. The Bertz CT molecular complexity index is 686. The molecule has 0 saturated carbocycles. The number of rotatable bonds is 4. The van der Waals surface area contributed by atoms with E-state index in [0.717, 1.165) is 28.2 Å². The molecule has 0 saturated heterocycles. The summed E-state index contributed by atoms with van der Waals surface area (Å²) in [5.74, 6) is 0.930. The minimum atomic E-state index is 0.136. The summed E-state index contributed by atoms with van der Waals surface area (Å²) in [6.07, 6.45) is 3.44. The maximum Gasteiger partial charge on any atom is 0.121 e. The highest BCUT2D eigenvalue weighted by Crippen LogP contribution is 2.14. The molecule has 20 heavy (non-hydrogen) atoms. The van der Waals surface area contributed by atoms with Crippen LogP contribution in [0, 0.1) is 6.92 Å². The Morgan fingerprint density at radius 2 is 2.00 bits per heavy atom. The van der Waals surface area contributed by atoms with Crippen LogP contribution in [0.25, 0.3) is 11.0 Å². The van der Waals surface area contributed by atoms with Crippen LogP contribution in [-0.2, 0) is 6.54 Å². The van der Waals surface area contributed by atoms with E-state index in [9.17, 15) is 0 Å². The number of nitrogens with zero attached hydrogens (tertiary/aromatic N) is 3. The largest absolute Gasteiger partial charge is 0.341 e. The van der Waals surface area contributed by atoms with E-state index in [1.165, 1.54) is 0 Å². The minimum absolute atomic E-state index is 0.136. The number of aryl methyl sites for hydroxylation is 1. The molecule has 3 aromatic rings. The molecule has 102 valence electrons. The van der Waals surface area contributed by atoms with E-state index >= 15 is 0 Å². The molecule has 2 N–H and O–H groups in total. The molecule has 1 atom stereocenters. The van der Waals surface area contributed by atoms with Gasteiger partial charge in [-0.1, -0.05) is 12.1 Å². The summed E-state index contributed by atoms with van der Waals surface area (Å²) in [4.78, 5) is 16.5. The number of hydrogen-bond donors (Lipinski definition) is 2. The molecule has 5 heteroatoms. The Morgan fingerprint density at radius 1 is 1.20 bits per heavy atom. The number of para-hydroxylation sites is 2. The third-order valence-corrected chi connectivity index (χ3v) is 3.34. The topological polar surface area (TPSA) is 66.5 Å². The van der Waals surface area contributed by atoms with Gasteiger partial charge in [-0.25, -0.2) is 4.98 Å². The average molecular weight is 267 g/mol. The number of fused-ring (bicyclic) bond motifs is 1. The van der Waals surface area contributed by atoms with Crippen LogP contribution in [0.5, 0.6) is 0 Å². The summed E-state index contributed by atoms with van der Waals surface area (Å²) in [5.41, 5.74) is 3.99. The summed E-state index contributed by atoms with van der Waals surface area (Å²) < 4.78 is 0. The number of imidazole rings is 1. The smallest absolute Gasteiger partial charge is 0.121 e. The number of hydrogen-bond acceptors (Lipinski definition) is 4. The van der Waals surface area contributed by atoms with E-state index in [-0.39, 0.29) is 6.04 Å². The highest BCUT2D eigenvalue weighted by atomic mass is 15.0. The zero-order valence-corrected chi connectivity index (χ0v) is 11.6. The molecule has 3 rings (SSSR count). The molecule has 0 amide bonds. The van der Waals surface area contributed by atoms with E-state index in [1.54, 1.807) is 12.4 Å². The molecule has 0 aliphatic carbocycles. The first-order valence-electron chi connectivity index (χ1n) is 6.68. The zero-order valence-electron chi connectivity index (χ0n) is 11.6. The first-order valence-corrected chi connectivity index (χ1v) is 6.68. The van der Waals surface area contributed by atoms with Crippen LogP contribution in [0.1, 0.15) is 30.2 Å². The number of nitrogens with one attached hydrogen (secondary N) is 2. The second-order valence-corrected chi connectivity index (χ2v) is 4.83. The highest BCUT2D eigenvalue weighted by Gasteiger charge is 2.11. The number of aromatic nitrogens is 4. The Balaban J connectivity index is 1.71. The molecule has 0 spiro atoms. The molecular formula is C15H17N5. The molecule has 1 unspecified atom stereocenters. The third-order valence-electron chi connectivity index (χ3n) is 3.34. The second kappa shape index (κ2) is 5.38. The van der Waals surface area contributed by atoms with E-state index in [2.05, 4.69) is 32.2 Å². The first-order chi connectivity index (χ1) is 9.74. The van der Waals surface area contributed by atoms with Crippen LogP contribution < -0.4 is 5.32 Å². The van der Waals surface area contributed by atoms with Crippen molar-refractivity contribution in [2.24, 2.45) is 0 Å². The lowest BCUT2D eigenvalue weighted by molar-refractivity contribution is 0.545. The van der Waals surface area contributed by atoms with Crippen LogP contribution >= 0.6 is 0 Å². The average Bonchev–Trinajstić information content (AvgIpc) is 2.88. The molecule has 0 aliphatic rings. The number of aromatic amines is 1. The van der Waals surface area contributed by atoms with Crippen LogP contribution in [-0.4, -0.2) is 19.9 Å². The molecule has 2 aromatic heterocycles. The van der Waals surface area contributed by atoms with Gasteiger partial charge in [0.25, 0.3) is 0 Å². The van der Waals surface area contributed by atoms with Crippen molar-refractivity contribution < 1.29 is 0 Å². The second-order valence-electron chi connectivity index (χ2n) is 4.83. The van der Waals surface area contributed by atoms with Gasteiger partial charge in [-0.15, -0.1) is 0 Å². The quantitative estimate of drug-likeness (QED) is 0.762. The lowest BCUT2D eigenvalue weighted by Gasteiger charge is -2.13. The molecular weight excluding hydrogens is 250 g/mol. The fourth-order valence-corrected chi connectivity index (χ4v) is 2.28. The fourth-order valence-electron chi connectivity index (χ4n) is 2.28. The fraction of sp³-hybridized carbons (Fsp3) is 0.267. The van der Waals surface area contributed by atoms with Gasteiger partial charge in [0.05, 0.1) is 29.0 Å². The van der Waals surface area contributed by atoms with Gasteiger partial charge in [-0.05, 0) is 26.0 Å². The number of benzene rings is 1. The van der Waals surface area contributed by atoms with E-state index in [1.807, 2.05) is 31.2 Å². The van der Waals surface area contributed by atoms with Gasteiger partial charge in [0, 0.05) is 18.4 Å². The van der Waals surface area contributed by atoms with Gasteiger partial charge >= 0.3 is 0 Å². The van der Waals surface area contributed by atoms with Crippen LogP contribution in [0.2, 0.25) is 0 Å².